The molecule has 0 radical (unpaired) electrons. The van der Waals surface area contributed by atoms with E-state index in [-0.39, 0.29) is 47.9 Å². The average Bonchev–Trinajstić information content (AvgIpc) is 2.93. The van der Waals surface area contributed by atoms with E-state index < -0.39 is 0 Å². The molecule has 0 aliphatic carbocycles. The highest BCUT2D eigenvalue weighted by atomic mass is 16.5. The first-order chi connectivity index (χ1) is 13.5. The molecule has 0 aromatic rings. The number of guanidine groups is 1. The van der Waals surface area contributed by atoms with Gasteiger partial charge in [-0.05, 0) is 39.5 Å². The minimum atomic E-state index is -0.329. The smallest absolute Gasteiger partial charge is 0.351 e. The molecule has 8 atom stereocenters. The van der Waals surface area contributed by atoms with Gasteiger partial charge in [0, 0.05) is 39.9 Å². The second-order valence-corrected chi connectivity index (χ2v) is 9.58. The summed E-state index contributed by atoms with van der Waals surface area (Å²) in [5, 5.41) is 7.59. The average molecular weight is 395 g/mol. The number of rotatable bonds is 2. The van der Waals surface area contributed by atoms with Crippen molar-refractivity contribution in [3.63, 3.8) is 0 Å². The van der Waals surface area contributed by atoms with Crippen LogP contribution in [0.4, 0.5) is 0 Å². The first kappa shape index (κ1) is 19.1. The maximum atomic E-state index is 6.54. The third kappa shape index (κ3) is 2.89. The predicted molar refractivity (Wildman–Crippen MR) is 104 cm³/mol. The van der Waals surface area contributed by atoms with Gasteiger partial charge in [0.25, 0.3) is 0 Å². The molecule has 0 aromatic carbocycles. The lowest BCUT2D eigenvalue weighted by Crippen LogP contribution is -2.73. The van der Waals surface area contributed by atoms with E-state index in [0.717, 1.165) is 44.5 Å². The van der Waals surface area contributed by atoms with Crippen molar-refractivity contribution in [3.8, 4) is 0 Å². The van der Waals surface area contributed by atoms with Crippen LogP contribution in [-0.4, -0.2) is 72.7 Å². The van der Waals surface area contributed by atoms with Crippen molar-refractivity contribution in [2.75, 3.05) is 14.2 Å². The van der Waals surface area contributed by atoms with Crippen LogP contribution in [0.3, 0.4) is 0 Å². The van der Waals surface area contributed by atoms with Crippen molar-refractivity contribution in [2.45, 2.75) is 113 Å². The van der Waals surface area contributed by atoms with E-state index in [2.05, 4.69) is 29.1 Å². The van der Waals surface area contributed by atoms with Gasteiger partial charge in [-0.15, -0.1) is 0 Å². The summed E-state index contributed by atoms with van der Waals surface area (Å²) < 4.78 is 27.6. The summed E-state index contributed by atoms with van der Waals surface area (Å²) in [6.07, 6.45) is 9.11. The summed E-state index contributed by atoms with van der Waals surface area (Å²) in [5.41, 5.74) is -0.659. The van der Waals surface area contributed by atoms with E-state index in [1.54, 1.807) is 0 Å². The Bertz CT molecular complexity index is 606. The fourth-order valence-electron chi connectivity index (χ4n) is 6.55. The Balaban J connectivity index is 1.54. The highest BCUT2D eigenvalue weighted by Gasteiger charge is 2.64. The molecular formula is C21H36N3O4+. The first-order valence-corrected chi connectivity index (χ1v) is 11.1. The van der Waals surface area contributed by atoms with Gasteiger partial charge < -0.3 is 18.9 Å². The largest absolute Gasteiger partial charge is 0.375 e. The highest BCUT2D eigenvalue weighted by Crippen LogP contribution is 2.44. The highest BCUT2D eigenvalue weighted by molar-refractivity contribution is 5.77. The van der Waals surface area contributed by atoms with E-state index in [0.29, 0.717) is 0 Å². The zero-order valence-electron chi connectivity index (χ0n) is 17.7. The molecule has 0 amide bonds. The number of nitrogens with zero attached hydrogens (tertiary/aromatic N) is 1. The Labute approximate surface area is 168 Å². The van der Waals surface area contributed by atoms with Gasteiger partial charge in [0.1, 0.15) is 24.3 Å². The van der Waals surface area contributed by atoms with Crippen molar-refractivity contribution in [2.24, 2.45) is 0 Å². The lowest BCUT2D eigenvalue weighted by Gasteiger charge is -2.48. The number of hydrogen-bond donors (Lipinski definition) is 2. The SMILES string of the molecule is CO[C@@H]1[C@@H](OC)[C@@H]2C[C@@]3(CCC[C@@H](C)O3)NC3=[N+]2[C@H]1C[C@@]1(CCC[C@@H](C)O1)N3. The van der Waals surface area contributed by atoms with Crippen LogP contribution in [0.25, 0.3) is 0 Å². The Morgan fingerprint density at radius 1 is 0.857 bits per heavy atom. The zero-order valence-corrected chi connectivity index (χ0v) is 17.7. The van der Waals surface area contributed by atoms with Crippen molar-refractivity contribution < 1.29 is 23.5 Å². The summed E-state index contributed by atoms with van der Waals surface area (Å²) in [5.74, 6) is 1.05. The number of nitrogens with one attached hydrogen (secondary N) is 2. The summed E-state index contributed by atoms with van der Waals surface area (Å²) in [6.45, 7) is 4.37. The molecule has 5 heterocycles. The molecule has 0 unspecified atom stereocenters. The van der Waals surface area contributed by atoms with Crippen LogP contribution < -0.4 is 10.6 Å². The molecule has 2 spiro atoms. The van der Waals surface area contributed by atoms with Crippen LogP contribution in [0.2, 0.25) is 0 Å². The topological polar surface area (TPSA) is 64.0 Å². The van der Waals surface area contributed by atoms with Crippen molar-refractivity contribution >= 4 is 5.96 Å². The molecule has 0 bridgehead atoms. The fourth-order valence-corrected chi connectivity index (χ4v) is 6.55. The Morgan fingerprint density at radius 3 is 1.71 bits per heavy atom. The third-order valence-corrected chi connectivity index (χ3v) is 7.61. The minimum Gasteiger partial charge on any atom is -0.375 e. The Hall–Kier alpha value is -0.890. The molecule has 7 heteroatoms. The van der Waals surface area contributed by atoms with Gasteiger partial charge in [-0.1, -0.05) is 0 Å². The fraction of sp³-hybridized carbons (Fsp3) is 0.952. The molecule has 2 N–H and O–H groups in total. The van der Waals surface area contributed by atoms with Crippen LogP contribution >= 0.6 is 0 Å². The maximum absolute atomic E-state index is 6.54. The van der Waals surface area contributed by atoms with Crippen molar-refractivity contribution in [3.05, 3.63) is 0 Å². The van der Waals surface area contributed by atoms with Crippen LogP contribution in [0.15, 0.2) is 0 Å². The lowest BCUT2D eigenvalue weighted by molar-refractivity contribution is -0.609. The van der Waals surface area contributed by atoms with Gasteiger partial charge in [-0.3, -0.25) is 4.58 Å². The van der Waals surface area contributed by atoms with Crippen LogP contribution in [0, 0.1) is 0 Å². The van der Waals surface area contributed by atoms with Crippen LogP contribution in [0.1, 0.15) is 65.2 Å². The first-order valence-electron chi connectivity index (χ1n) is 11.1. The monoisotopic (exact) mass is 394 g/mol. The van der Waals surface area contributed by atoms with E-state index in [1.165, 1.54) is 12.8 Å². The van der Waals surface area contributed by atoms with Crippen molar-refractivity contribution in [1.29, 1.82) is 0 Å². The van der Waals surface area contributed by atoms with E-state index in [4.69, 9.17) is 18.9 Å². The van der Waals surface area contributed by atoms with Gasteiger partial charge >= 0.3 is 5.96 Å². The molecule has 7 nitrogen and oxygen atoms in total. The van der Waals surface area contributed by atoms with Gasteiger partial charge in [0.15, 0.2) is 11.4 Å². The second kappa shape index (κ2) is 6.83. The van der Waals surface area contributed by atoms with Crippen LogP contribution in [-0.2, 0) is 18.9 Å². The Kier molecular flexibility index (Phi) is 4.66. The quantitative estimate of drug-likeness (QED) is 0.695. The normalized spacial score (nSPS) is 50.4. The molecule has 0 saturated carbocycles. The number of hydrogen-bond acceptors (Lipinski definition) is 6. The van der Waals surface area contributed by atoms with Gasteiger partial charge in [-0.2, -0.15) is 0 Å². The summed E-state index contributed by atoms with van der Waals surface area (Å²) >= 11 is 0. The lowest BCUT2D eigenvalue weighted by atomic mass is 9.89. The molecular weight excluding hydrogens is 358 g/mol. The summed E-state index contributed by atoms with van der Waals surface area (Å²) in [7, 11) is 3.63. The molecule has 5 aliphatic heterocycles. The zero-order chi connectivity index (χ0) is 19.5. The third-order valence-electron chi connectivity index (χ3n) is 7.61. The standard InChI is InChI=1S/C21H35N3O4/c1-13-7-5-9-20(27-13)11-15-17(25-3)18(26-4)16-12-21(10-6-8-14(2)28-21)23-19(22-20)24(15)16/h13-18H,5-12H2,1-4H3,(H,22,23)/p+1/t13-,14-,15+,16+,17+,18+,20+,21+/m1/s1. The van der Waals surface area contributed by atoms with E-state index in [1.807, 2.05) is 14.2 Å². The molecule has 5 aliphatic rings. The predicted octanol–water partition coefficient (Wildman–Crippen LogP) is 1.69. The number of ether oxygens (including phenoxy) is 4. The number of methoxy groups -OCH3 is 2. The second-order valence-electron chi connectivity index (χ2n) is 9.58. The molecule has 0 aromatic heterocycles. The summed E-state index contributed by atoms with van der Waals surface area (Å²) in [6, 6.07) is 0.486. The van der Waals surface area contributed by atoms with Gasteiger partial charge in [0.05, 0.1) is 12.2 Å². The van der Waals surface area contributed by atoms with Crippen LogP contribution in [0.5, 0.6) is 0 Å². The summed E-state index contributed by atoms with van der Waals surface area (Å²) in [4.78, 5) is 0. The van der Waals surface area contributed by atoms with E-state index in [9.17, 15) is 0 Å². The van der Waals surface area contributed by atoms with Gasteiger partial charge in [-0.25, -0.2) is 10.6 Å². The Morgan fingerprint density at radius 2 is 1.32 bits per heavy atom. The van der Waals surface area contributed by atoms with Gasteiger partial charge in [0.2, 0.25) is 0 Å². The molecule has 158 valence electrons. The molecule has 3 fully saturated rings. The molecule has 3 saturated heterocycles. The van der Waals surface area contributed by atoms with E-state index >= 15 is 0 Å². The molecule has 28 heavy (non-hydrogen) atoms. The minimum absolute atomic E-state index is 0.0303. The van der Waals surface area contributed by atoms with Crippen molar-refractivity contribution in [1.82, 2.24) is 10.6 Å². The maximum Gasteiger partial charge on any atom is 0.351 e. The molecule has 5 rings (SSSR count).